The number of halogens is 1. The molecule has 0 aromatic carbocycles. The highest BCUT2D eigenvalue weighted by Gasteiger charge is 2.20. The monoisotopic (exact) mass is 309 g/mol. The number of nitrogens with zero attached hydrogens (tertiary/aromatic N) is 5. The van der Waals surface area contributed by atoms with Crippen molar-refractivity contribution in [3.63, 3.8) is 0 Å². The average Bonchev–Trinajstić information content (AvgIpc) is 3.02. The highest BCUT2D eigenvalue weighted by molar-refractivity contribution is 6.28. The lowest BCUT2D eigenvalue weighted by Crippen LogP contribution is -2.29. The molecule has 0 radical (unpaired) electrons. The summed E-state index contributed by atoms with van der Waals surface area (Å²) in [7, 11) is 2.06. The molecule has 1 aromatic rings. The maximum absolute atomic E-state index is 6.10. The van der Waals surface area contributed by atoms with E-state index >= 15 is 0 Å². The van der Waals surface area contributed by atoms with E-state index in [0.29, 0.717) is 11.2 Å². The lowest BCUT2D eigenvalue weighted by molar-refractivity contribution is 0.361. The summed E-state index contributed by atoms with van der Waals surface area (Å²) in [4.78, 5) is 17.6. The second-order valence-electron chi connectivity index (χ2n) is 6.28. The van der Waals surface area contributed by atoms with Crippen LogP contribution in [0.25, 0.3) is 0 Å². The van der Waals surface area contributed by atoms with E-state index in [1.54, 1.807) is 0 Å². The molecule has 2 aliphatic rings. The van der Waals surface area contributed by atoms with E-state index in [9.17, 15) is 0 Å². The molecule has 2 heterocycles. The molecule has 5 nitrogen and oxygen atoms in total. The molecule has 21 heavy (non-hydrogen) atoms. The lowest BCUT2D eigenvalue weighted by atomic mass is 9.89. The van der Waals surface area contributed by atoms with Crippen LogP contribution in [-0.2, 0) is 0 Å². The Bertz CT molecular complexity index is 469. The number of anilines is 2. The highest BCUT2D eigenvalue weighted by atomic mass is 35.5. The second kappa shape index (κ2) is 6.77. The Hall–Kier alpha value is -1.10. The van der Waals surface area contributed by atoms with Crippen LogP contribution in [0.2, 0.25) is 5.28 Å². The summed E-state index contributed by atoms with van der Waals surface area (Å²) in [6, 6.07) is 0. The highest BCUT2D eigenvalue weighted by Crippen LogP contribution is 2.26. The van der Waals surface area contributed by atoms with Crippen molar-refractivity contribution in [3.05, 3.63) is 5.28 Å². The number of hydrogen-bond acceptors (Lipinski definition) is 5. The van der Waals surface area contributed by atoms with Crippen LogP contribution in [0, 0.1) is 5.92 Å². The van der Waals surface area contributed by atoms with Gasteiger partial charge in [0.05, 0.1) is 0 Å². The predicted octanol–water partition coefficient (Wildman–Crippen LogP) is 3.14. The summed E-state index contributed by atoms with van der Waals surface area (Å²) in [5.41, 5.74) is 0. The van der Waals surface area contributed by atoms with E-state index in [2.05, 4.69) is 31.8 Å². The van der Waals surface area contributed by atoms with Crippen LogP contribution >= 0.6 is 11.6 Å². The first-order valence-corrected chi connectivity index (χ1v) is 8.48. The first-order chi connectivity index (χ1) is 10.2. The van der Waals surface area contributed by atoms with E-state index in [1.807, 2.05) is 0 Å². The fourth-order valence-electron chi connectivity index (χ4n) is 3.40. The molecule has 0 unspecified atom stereocenters. The van der Waals surface area contributed by atoms with Gasteiger partial charge in [-0.05, 0) is 43.2 Å². The van der Waals surface area contributed by atoms with Crippen molar-refractivity contribution in [1.29, 1.82) is 0 Å². The van der Waals surface area contributed by atoms with E-state index in [4.69, 9.17) is 11.6 Å². The molecule has 1 saturated heterocycles. The zero-order valence-corrected chi connectivity index (χ0v) is 13.5. The minimum Gasteiger partial charge on any atom is -0.343 e. The van der Waals surface area contributed by atoms with Gasteiger partial charge in [0.25, 0.3) is 0 Å². The Labute approximate surface area is 131 Å². The van der Waals surface area contributed by atoms with Crippen LogP contribution in [0.15, 0.2) is 0 Å². The Balaban J connectivity index is 1.70. The van der Waals surface area contributed by atoms with Gasteiger partial charge in [0, 0.05) is 26.7 Å². The Kier molecular flexibility index (Phi) is 4.78. The third-order valence-corrected chi connectivity index (χ3v) is 4.74. The quantitative estimate of drug-likeness (QED) is 0.855. The maximum Gasteiger partial charge on any atom is 0.231 e. The summed E-state index contributed by atoms with van der Waals surface area (Å²) in [5, 5.41) is 0.303. The van der Waals surface area contributed by atoms with Crippen molar-refractivity contribution in [3.8, 4) is 0 Å². The van der Waals surface area contributed by atoms with Gasteiger partial charge in [-0.25, -0.2) is 0 Å². The molecule has 1 aliphatic heterocycles. The summed E-state index contributed by atoms with van der Waals surface area (Å²) in [5.74, 6) is 2.20. The molecule has 1 saturated carbocycles. The largest absolute Gasteiger partial charge is 0.343 e. The Morgan fingerprint density at radius 2 is 1.76 bits per heavy atom. The third-order valence-electron chi connectivity index (χ3n) is 4.57. The number of rotatable bonds is 4. The van der Waals surface area contributed by atoms with Crippen LogP contribution < -0.4 is 9.80 Å². The normalized spacial score (nSPS) is 20.0. The van der Waals surface area contributed by atoms with E-state index < -0.39 is 0 Å². The van der Waals surface area contributed by atoms with E-state index in [-0.39, 0.29) is 0 Å². The molecule has 0 atom stereocenters. The van der Waals surface area contributed by atoms with Crippen LogP contribution in [0.5, 0.6) is 0 Å². The van der Waals surface area contributed by atoms with Crippen molar-refractivity contribution in [2.24, 2.45) is 5.92 Å². The smallest absolute Gasteiger partial charge is 0.231 e. The van der Waals surface area contributed by atoms with E-state index in [0.717, 1.165) is 31.5 Å². The number of aromatic nitrogens is 3. The average molecular weight is 310 g/mol. The first kappa shape index (κ1) is 14.8. The molecule has 2 fully saturated rings. The second-order valence-corrected chi connectivity index (χ2v) is 6.62. The fourth-order valence-corrected chi connectivity index (χ4v) is 3.55. The molecular weight excluding hydrogens is 286 g/mol. The van der Waals surface area contributed by atoms with Gasteiger partial charge in [-0.3, -0.25) is 0 Å². The van der Waals surface area contributed by atoms with E-state index in [1.165, 1.54) is 44.9 Å². The molecular formula is C15H24ClN5. The Morgan fingerprint density at radius 1 is 1.05 bits per heavy atom. The van der Waals surface area contributed by atoms with Crippen LogP contribution in [0.4, 0.5) is 11.9 Å². The molecule has 6 heteroatoms. The van der Waals surface area contributed by atoms with Gasteiger partial charge in [0.15, 0.2) is 0 Å². The standard InChI is InChI=1S/C15H24ClN5/c1-20(11-12-7-3-2-4-8-12)14-17-13(16)18-15(19-14)21-9-5-6-10-21/h12H,2-11H2,1H3. The fraction of sp³-hybridized carbons (Fsp3) is 0.800. The van der Waals surface area contributed by atoms with Gasteiger partial charge >= 0.3 is 0 Å². The van der Waals surface area contributed by atoms with Gasteiger partial charge in [0.2, 0.25) is 17.2 Å². The summed E-state index contributed by atoms with van der Waals surface area (Å²) < 4.78 is 0. The molecule has 3 rings (SSSR count). The SMILES string of the molecule is CN(CC1CCCCC1)c1nc(Cl)nc(N2CCCC2)n1. The molecule has 0 N–H and O–H groups in total. The summed E-state index contributed by atoms with van der Waals surface area (Å²) in [6.07, 6.45) is 9.15. The van der Waals surface area contributed by atoms with Crippen molar-refractivity contribution in [2.75, 3.05) is 36.5 Å². The number of hydrogen-bond donors (Lipinski definition) is 0. The van der Waals surface area contributed by atoms with Crippen molar-refractivity contribution in [2.45, 2.75) is 44.9 Å². The molecule has 0 amide bonds. The zero-order chi connectivity index (χ0) is 14.7. The van der Waals surface area contributed by atoms with Gasteiger partial charge in [-0.15, -0.1) is 0 Å². The van der Waals surface area contributed by atoms with Gasteiger partial charge in [0.1, 0.15) is 0 Å². The topological polar surface area (TPSA) is 45.2 Å². The van der Waals surface area contributed by atoms with Crippen LogP contribution in [0.1, 0.15) is 44.9 Å². The summed E-state index contributed by atoms with van der Waals surface area (Å²) >= 11 is 6.10. The first-order valence-electron chi connectivity index (χ1n) is 8.10. The molecule has 1 aliphatic carbocycles. The molecule has 0 bridgehead atoms. The molecule has 116 valence electrons. The third kappa shape index (κ3) is 3.76. The maximum atomic E-state index is 6.10. The van der Waals surface area contributed by atoms with Gasteiger partial charge in [-0.1, -0.05) is 19.3 Å². The van der Waals surface area contributed by atoms with Gasteiger partial charge in [-0.2, -0.15) is 15.0 Å². The molecule has 0 spiro atoms. The zero-order valence-electron chi connectivity index (χ0n) is 12.8. The Morgan fingerprint density at radius 3 is 2.48 bits per heavy atom. The lowest BCUT2D eigenvalue weighted by Gasteiger charge is -2.27. The minimum atomic E-state index is 0.303. The van der Waals surface area contributed by atoms with Crippen molar-refractivity contribution < 1.29 is 0 Å². The minimum absolute atomic E-state index is 0.303. The van der Waals surface area contributed by atoms with Gasteiger partial charge < -0.3 is 9.80 Å². The van der Waals surface area contributed by atoms with Crippen LogP contribution in [-0.4, -0.2) is 41.6 Å². The van der Waals surface area contributed by atoms with Crippen molar-refractivity contribution >= 4 is 23.5 Å². The predicted molar refractivity (Wildman–Crippen MR) is 86.1 cm³/mol. The molecule has 1 aromatic heterocycles. The summed E-state index contributed by atoms with van der Waals surface area (Å²) in [6.45, 7) is 3.05. The van der Waals surface area contributed by atoms with Crippen LogP contribution in [0.3, 0.4) is 0 Å². The van der Waals surface area contributed by atoms with Crippen molar-refractivity contribution in [1.82, 2.24) is 15.0 Å².